The molecule has 5 heteroatoms. The summed E-state index contributed by atoms with van der Waals surface area (Å²) in [5, 5.41) is 0. The van der Waals surface area contributed by atoms with Gasteiger partial charge in [-0.2, -0.15) is 0 Å². The van der Waals surface area contributed by atoms with Gasteiger partial charge in [0.05, 0.1) is 5.56 Å². The van der Waals surface area contributed by atoms with Crippen molar-refractivity contribution in [3.63, 3.8) is 0 Å². The first-order valence-corrected chi connectivity index (χ1v) is 6.21. The summed E-state index contributed by atoms with van der Waals surface area (Å²) in [6, 6.07) is 8.06. The number of aldehydes is 1. The number of hydrogen-bond acceptors (Lipinski definition) is 2. The Morgan fingerprint density at radius 3 is 2.68 bits per heavy atom. The molecule has 0 bridgehead atoms. The van der Waals surface area contributed by atoms with E-state index in [1.807, 2.05) is 0 Å². The van der Waals surface area contributed by atoms with Gasteiger partial charge in [0.15, 0.2) is 6.29 Å². The number of halogens is 3. The molecule has 0 aliphatic carbocycles. The molecule has 2 rings (SSSR count). The highest BCUT2D eigenvalue weighted by molar-refractivity contribution is 9.10. The monoisotopic (exact) mass is 326 g/mol. The van der Waals surface area contributed by atoms with E-state index in [2.05, 4.69) is 15.9 Å². The van der Waals surface area contributed by atoms with Crippen molar-refractivity contribution in [1.82, 2.24) is 0 Å². The first kappa shape index (κ1) is 13.7. The van der Waals surface area contributed by atoms with E-state index in [9.17, 15) is 13.6 Å². The molecule has 2 aromatic carbocycles. The molecule has 2 aromatic rings. The minimum Gasteiger partial charge on any atom is -0.488 e. The molecular weight excluding hydrogens is 318 g/mol. The number of ether oxygens (including phenoxy) is 1. The maximum Gasteiger partial charge on any atom is 0.153 e. The largest absolute Gasteiger partial charge is 0.488 e. The van der Waals surface area contributed by atoms with Crippen LogP contribution in [0.3, 0.4) is 0 Å². The van der Waals surface area contributed by atoms with Crippen molar-refractivity contribution in [3.8, 4) is 5.75 Å². The topological polar surface area (TPSA) is 26.3 Å². The van der Waals surface area contributed by atoms with E-state index < -0.39 is 11.6 Å². The zero-order valence-corrected chi connectivity index (χ0v) is 11.3. The molecule has 19 heavy (non-hydrogen) atoms. The van der Waals surface area contributed by atoms with Crippen LogP contribution in [0.2, 0.25) is 0 Å². The molecule has 0 unspecified atom stereocenters. The van der Waals surface area contributed by atoms with Crippen LogP contribution in [0.25, 0.3) is 0 Å². The molecule has 0 radical (unpaired) electrons. The predicted octanol–water partition coefficient (Wildman–Crippen LogP) is 4.12. The van der Waals surface area contributed by atoms with Crippen molar-refractivity contribution in [3.05, 3.63) is 63.6 Å². The molecule has 0 aromatic heterocycles. The molecule has 0 fully saturated rings. The number of hydrogen-bond donors (Lipinski definition) is 0. The third-order valence-electron chi connectivity index (χ3n) is 2.49. The number of carbonyl (C=O) groups excluding carboxylic acids is 1. The van der Waals surface area contributed by atoms with Gasteiger partial charge in [0.25, 0.3) is 0 Å². The molecule has 0 aliphatic rings. The van der Waals surface area contributed by atoms with Crippen molar-refractivity contribution in [2.24, 2.45) is 0 Å². The van der Waals surface area contributed by atoms with Crippen LogP contribution in [0.4, 0.5) is 8.78 Å². The lowest BCUT2D eigenvalue weighted by molar-refractivity contribution is 0.111. The molecule has 0 saturated carbocycles. The quantitative estimate of drug-likeness (QED) is 0.790. The summed E-state index contributed by atoms with van der Waals surface area (Å²) < 4.78 is 32.5. The molecule has 0 heterocycles. The Bertz CT molecular complexity index is 614. The van der Waals surface area contributed by atoms with Crippen molar-refractivity contribution < 1.29 is 18.3 Å². The van der Waals surface area contributed by atoms with Crippen molar-refractivity contribution in [2.45, 2.75) is 6.61 Å². The normalized spacial score (nSPS) is 10.3. The highest BCUT2D eigenvalue weighted by Gasteiger charge is 2.07. The number of carbonyl (C=O) groups is 1. The standard InChI is InChI=1S/C14H9BrF2O2/c15-11-1-3-13(17)10(5-11)8-19-14-4-2-12(16)6-9(14)7-18/h1-7H,8H2. The van der Waals surface area contributed by atoms with E-state index >= 15 is 0 Å². The average Bonchev–Trinajstić information content (AvgIpc) is 2.40. The Kier molecular flexibility index (Phi) is 4.27. The highest BCUT2D eigenvalue weighted by Crippen LogP contribution is 2.21. The van der Waals surface area contributed by atoms with Crippen molar-refractivity contribution in [1.29, 1.82) is 0 Å². The molecule has 0 aliphatic heterocycles. The van der Waals surface area contributed by atoms with E-state index in [1.54, 1.807) is 12.1 Å². The zero-order chi connectivity index (χ0) is 13.8. The summed E-state index contributed by atoms with van der Waals surface area (Å²) in [7, 11) is 0. The van der Waals surface area contributed by atoms with E-state index in [0.29, 0.717) is 11.8 Å². The van der Waals surface area contributed by atoms with E-state index in [1.165, 1.54) is 18.2 Å². The van der Waals surface area contributed by atoms with Gasteiger partial charge in [-0.1, -0.05) is 15.9 Å². The van der Waals surface area contributed by atoms with Crippen LogP contribution in [0.15, 0.2) is 40.9 Å². The van der Waals surface area contributed by atoms with Crippen LogP contribution in [0.1, 0.15) is 15.9 Å². The molecule has 2 nitrogen and oxygen atoms in total. The lowest BCUT2D eigenvalue weighted by Gasteiger charge is -2.09. The maximum atomic E-state index is 13.5. The van der Waals surface area contributed by atoms with Crippen LogP contribution >= 0.6 is 15.9 Å². The fraction of sp³-hybridized carbons (Fsp3) is 0.0714. The summed E-state index contributed by atoms with van der Waals surface area (Å²) in [6.07, 6.45) is 0.496. The number of benzene rings is 2. The van der Waals surface area contributed by atoms with Gasteiger partial charge in [0.2, 0.25) is 0 Å². The summed E-state index contributed by atoms with van der Waals surface area (Å²) in [4.78, 5) is 10.8. The highest BCUT2D eigenvalue weighted by atomic mass is 79.9. The SMILES string of the molecule is O=Cc1cc(F)ccc1OCc1cc(Br)ccc1F. The zero-order valence-electron chi connectivity index (χ0n) is 9.70. The average molecular weight is 327 g/mol. The predicted molar refractivity (Wildman–Crippen MR) is 70.2 cm³/mol. The van der Waals surface area contributed by atoms with Crippen molar-refractivity contribution in [2.75, 3.05) is 0 Å². The Labute approximate surface area is 117 Å². The van der Waals surface area contributed by atoms with Gasteiger partial charge in [0.1, 0.15) is 24.0 Å². The smallest absolute Gasteiger partial charge is 0.153 e. The molecule has 98 valence electrons. The Morgan fingerprint density at radius 2 is 1.95 bits per heavy atom. The second-order valence-corrected chi connectivity index (χ2v) is 4.74. The van der Waals surface area contributed by atoms with Gasteiger partial charge in [0, 0.05) is 10.0 Å². The molecule has 0 N–H and O–H groups in total. The molecular formula is C14H9BrF2O2. The second-order valence-electron chi connectivity index (χ2n) is 3.82. The van der Waals surface area contributed by atoms with Gasteiger partial charge in [-0.15, -0.1) is 0 Å². The van der Waals surface area contributed by atoms with Crippen LogP contribution in [-0.2, 0) is 6.61 Å². The van der Waals surface area contributed by atoms with Gasteiger partial charge in [-0.25, -0.2) is 8.78 Å². The third kappa shape index (κ3) is 3.38. The van der Waals surface area contributed by atoms with Gasteiger partial charge in [-0.05, 0) is 36.4 Å². The van der Waals surface area contributed by atoms with Crippen LogP contribution in [0, 0.1) is 11.6 Å². The minimum absolute atomic E-state index is 0.0439. The second kappa shape index (κ2) is 5.93. The Balaban J connectivity index is 2.18. The third-order valence-corrected chi connectivity index (χ3v) is 2.98. The van der Waals surface area contributed by atoms with Crippen LogP contribution in [-0.4, -0.2) is 6.29 Å². The molecule has 0 amide bonds. The molecule has 0 saturated heterocycles. The van der Waals surface area contributed by atoms with E-state index in [4.69, 9.17) is 4.74 Å². The van der Waals surface area contributed by atoms with Gasteiger partial charge >= 0.3 is 0 Å². The Morgan fingerprint density at radius 1 is 1.16 bits per heavy atom. The lowest BCUT2D eigenvalue weighted by atomic mass is 10.2. The number of rotatable bonds is 4. The van der Waals surface area contributed by atoms with Crippen LogP contribution in [0.5, 0.6) is 5.75 Å². The summed E-state index contributed by atoms with van der Waals surface area (Å²) in [5.74, 6) is -0.711. The molecule has 0 spiro atoms. The summed E-state index contributed by atoms with van der Waals surface area (Å²) in [5.41, 5.74) is 0.436. The van der Waals surface area contributed by atoms with Gasteiger partial charge < -0.3 is 4.74 Å². The fourth-order valence-electron chi connectivity index (χ4n) is 1.55. The fourth-order valence-corrected chi connectivity index (χ4v) is 1.96. The van der Waals surface area contributed by atoms with Crippen LogP contribution < -0.4 is 4.74 Å². The van der Waals surface area contributed by atoms with E-state index in [0.717, 1.165) is 10.5 Å². The van der Waals surface area contributed by atoms with E-state index in [-0.39, 0.29) is 17.9 Å². The Hall–Kier alpha value is -1.75. The first-order valence-electron chi connectivity index (χ1n) is 5.41. The summed E-state index contributed by atoms with van der Waals surface area (Å²) >= 11 is 3.23. The lowest BCUT2D eigenvalue weighted by Crippen LogP contribution is -2.01. The first-order chi connectivity index (χ1) is 9.10. The minimum atomic E-state index is -0.525. The van der Waals surface area contributed by atoms with Gasteiger partial charge in [-0.3, -0.25) is 4.79 Å². The summed E-state index contributed by atoms with van der Waals surface area (Å²) in [6.45, 7) is -0.0439. The maximum absolute atomic E-state index is 13.5. The van der Waals surface area contributed by atoms with Crippen molar-refractivity contribution >= 4 is 22.2 Å². The molecule has 0 atom stereocenters.